The van der Waals surface area contributed by atoms with Gasteiger partial charge >= 0.3 is 6.61 Å². The summed E-state index contributed by atoms with van der Waals surface area (Å²) in [4.78, 5) is 33.1. The Morgan fingerprint density at radius 2 is 1.79 bits per heavy atom. The largest absolute Gasteiger partial charge is 0.435 e. The Kier molecular flexibility index (Phi) is 7.52. The molecule has 204 valence electrons. The summed E-state index contributed by atoms with van der Waals surface area (Å²) >= 11 is 0. The topological polar surface area (TPSA) is 65.1 Å². The highest BCUT2D eigenvalue weighted by molar-refractivity contribution is 5.97. The summed E-state index contributed by atoms with van der Waals surface area (Å²) in [5.41, 5.74) is 0.826. The quantitative estimate of drug-likeness (QED) is 0.583. The number of anilines is 1. The van der Waals surface area contributed by atoms with E-state index in [4.69, 9.17) is 0 Å². The zero-order chi connectivity index (χ0) is 26.9. The van der Waals surface area contributed by atoms with Gasteiger partial charge in [-0.3, -0.25) is 9.59 Å². The molecule has 3 aliphatic rings. The monoisotopic (exact) mass is 530 g/mol. The van der Waals surface area contributed by atoms with Gasteiger partial charge in [0.05, 0.1) is 17.1 Å². The summed E-state index contributed by atoms with van der Waals surface area (Å²) < 4.78 is 43.6. The number of amides is 2. The maximum Gasteiger partial charge on any atom is 0.387 e. The summed E-state index contributed by atoms with van der Waals surface area (Å²) in [6.07, 6.45) is 2.84. The molecule has 38 heavy (non-hydrogen) atoms. The molecule has 0 bridgehead atoms. The number of nitrogens with zero attached hydrogens (tertiary/aromatic N) is 3. The van der Waals surface area contributed by atoms with E-state index in [1.807, 2.05) is 29.2 Å². The van der Waals surface area contributed by atoms with Crippen LogP contribution < -0.4 is 15.0 Å². The van der Waals surface area contributed by atoms with Gasteiger partial charge in [-0.25, -0.2) is 4.39 Å². The van der Waals surface area contributed by atoms with Crippen LogP contribution in [0.25, 0.3) is 0 Å². The van der Waals surface area contributed by atoms with Crippen LogP contribution >= 0.6 is 0 Å². The number of hydrogen-bond donors (Lipinski definition) is 1. The molecule has 2 heterocycles. The number of nitrogens with one attached hydrogen (secondary N) is 1. The van der Waals surface area contributed by atoms with Gasteiger partial charge in [0.15, 0.2) is 0 Å². The van der Waals surface area contributed by atoms with Crippen LogP contribution in [0.15, 0.2) is 42.5 Å². The first kappa shape index (κ1) is 26.3. The smallest absolute Gasteiger partial charge is 0.387 e. The maximum atomic E-state index is 14.5. The molecule has 1 saturated carbocycles. The van der Waals surface area contributed by atoms with Crippen molar-refractivity contribution in [2.75, 3.05) is 44.2 Å². The van der Waals surface area contributed by atoms with Crippen LogP contribution in [0.2, 0.25) is 0 Å². The molecule has 10 heteroatoms. The number of benzene rings is 2. The van der Waals surface area contributed by atoms with Gasteiger partial charge in [0.2, 0.25) is 0 Å². The number of likely N-dealkylation sites (tertiary alicyclic amines) is 1. The fraction of sp³-hybridized carbons (Fsp3) is 0.500. The van der Waals surface area contributed by atoms with Gasteiger partial charge in [-0.15, -0.1) is 0 Å². The number of likely N-dealkylation sites (N-methyl/N-ethyl adjacent to an activating group) is 1. The number of piperazine rings is 1. The normalized spacial score (nSPS) is 23.6. The molecule has 2 saturated heterocycles. The van der Waals surface area contributed by atoms with Crippen molar-refractivity contribution in [1.29, 1.82) is 0 Å². The Balaban J connectivity index is 1.25. The second kappa shape index (κ2) is 10.8. The fourth-order valence-corrected chi connectivity index (χ4v) is 6.18. The molecular formula is C28H33F3N4O3. The van der Waals surface area contributed by atoms with Crippen LogP contribution in [-0.2, 0) is 0 Å². The molecule has 0 radical (unpaired) electrons. The number of alkyl halides is 2. The number of hydrogen-bond acceptors (Lipinski definition) is 5. The zero-order valence-electron chi connectivity index (χ0n) is 21.5. The molecule has 0 unspecified atom stereocenters. The number of fused-ring (bicyclic) bond motifs is 1. The molecule has 1 N–H and O–H groups in total. The lowest BCUT2D eigenvalue weighted by Gasteiger charge is -2.35. The van der Waals surface area contributed by atoms with Crippen molar-refractivity contribution in [2.45, 2.75) is 50.8 Å². The molecule has 2 aliphatic heterocycles. The highest BCUT2D eigenvalue weighted by Gasteiger charge is 2.53. The van der Waals surface area contributed by atoms with Crippen molar-refractivity contribution >= 4 is 17.5 Å². The zero-order valence-corrected chi connectivity index (χ0v) is 21.5. The van der Waals surface area contributed by atoms with E-state index in [2.05, 4.69) is 26.8 Å². The fourth-order valence-electron chi connectivity index (χ4n) is 6.18. The standard InChI is InChI=1S/C28H33F3N4O3/c1-2-33-14-16-34(17-15-33)20-7-5-19(6-8-20)26(37)35-13-12-28(11-3-4-24(28)35)32-25(36)22-10-9-21(18-23(22)29)38-27(30)31/h5-10,18,24,27H,2-4,11-17H2,1H3,(H,32,36)/t24-,28+/m0/s1. The molecule has 2 amide bonds. The van der Waals surface area contributed by atoms with E-state index in [-0.39, 0.29) is 23.3 Å². The minimum atomic E-state index is -3.08. The third-order valence-electron chi connectivity index (χ3n) is 8.25. The van der Waals surface area contributed by atoms with Crippen molar-refractivity contribution in [2.24, 2.45) is 0 Å². The summed E-state index contributed by atoms with van der Waals surface area (Å²) in [7, 11) is 0. The molecule has 5 rings (SSSR count). The van der Waals surface area contributed by atoms with Gasteiger partial charge in [-0.05, 0) is 68.6 Å². The van der Waals surface area contributed by atoms with Crippen molar-refractivity contribution in [3.63, 3.8) is 0 Å². The average molecular weight is 531 g/mol. The highest BCUT2D eigenvalue weighted by Crippen LogP contribution is 2.42. The number of carbonyl (C=O) groups is 2. The Hall–Kier alpha value is -3.27. The first-order valence-electron chi connectivity index (χ1n) is 13.2. The molecule has 2 atom stereocenters. The second-order valence-corrected chi connectivity index (χ2v) is 10.3. The predicted molar refractivity (Wildman–Crippen MR) is 137 cm³/mol. The third kappa shape index (κ3) is 5.18. The number of ether oxygens (including phenoxy) is 1. The summed E-state index contributed by atoms with van der Waals surface area (Å²) in [6, 6.07) is 10.6. The van der Waals surface area contributed by atoms with Gasteiger partial charge in [0.1, 0.15) is 11.6 Å². The lowest BCUT2D eigenvalue weighted by molar-refractivity contribution is -0.0500. The molecule has 2 aromatic carbocycles. The van der Waals surface area contributed by atoms with Crippen LogP contribution in [-0.4, -0.2) is 79.1 Å². The second-order valence-electron chi connectivity index (χ2n) is 10.3. The summed E-state index contributed by atoms with van der Waals surface area (Å²) in [5.74, 6) is -1.98. The Bertz CT molecular complexity index is 1170. The first-order valence-corrected chi connectivity index (χ1v) is 13.2. The Morgan fingerprint density at radius 3 is 2.45 bits per heavy atom. The lowest BCUT2D eigenvalue weighted by Crippen LogP contribution is -2.54. The predicted octanol–water partition coefficient (Wildman–Crippen LogP) is 4.14. The molecule has 3 fully saturated rings. The number of halogens is 3. The van der Waals surface area contributed by atoms with E-state index in [1.165, 1.54) is 0 Å². The van der Waals surface area contributed by atoms with Crippen LogP contribution in [0.1, 0.15) is 53.3 Å². The van der Waals surface area contributed by atoms with Crippen LogP contribution in [0.3, 0.4) is 0 Å². The number of carbonyl (C=O) groups excluding carboxylic acids is 2. The molecule has 0 aromatic heterocycles. The average Bonchev–Trinajstić information content (AvgIpc) is 3.46. The molecule has 1 aliphatic carbocycles. The van der Waals surface area contributed by atoms with Crippen LogP contribution in [0.4, 0.5) is 18.9 Å². The Morgan fingerprint density at radius 1 is 1.05 bits per heavy atom. The third-order valence-corrected chi connectivity index (χ3v) is 8.25. The summed E-state index contributed by atoms with van der Waals surface area (Å²) in [6.45, 7) is 4.60. The SMILES string of the molecule is CCN1CCN(c2ccc(C(=O)N3CC[C@]4(NC(=O)c5ccc(OC(F)F)cc5F)CCC[C@H]34)cc2)CC1. The van der Waals surface area contributed by atoms with Crippen LogP contribution in [0.5, 0.6) is 5.75 Å². The van der Waals surface area contributed by atoms with Crippen LogP contribution in [0, 0.1) is 5.82 Å². The molecule has 0 spiro atoms. The van der Waals surface area contributed by atoms with Gasteiger partial charge in [0, 0.05) is 50.0 Å². The first-order chi connectivity index (χ1) is 18.3. The lowest BCUT2D eigenvalue weighted by atomic mass is 9.92. The van der Waals surface area contributed by atoms with Gasteiger partial charge in [-0.1, -0.05) is 6.92 Å². The van der Waals surface area contributed by atoms with Crippen molar-refractivity contribution < 1.29 is 27.5 Å². The molecule has 7 nitrogen and oxygen atoms in total. The Labute approximate surface area is 220 Å². The van der Waals surface area contributed by atoms with Gasteiger partial charge in [0.25, 0.3) is 11.8 Å². The van der Waals surface area contributed by atoms with Gasteiger partial charge < -0.3 is 24.8 Å². The molecule has 2 aromatic rings. The number of rotatable bonds is 7. The van der Waals surface area contributed by atoms with E-state index in [0.717, 1.165) is 69.5 Å². The minimum absolute atomic E-state index is 0.0740. The van der Waals surface area contributed by atoms with Gasteiger partial charge in [-0.2, -0.15) is 8.78 Å². The van der Waals surface area contributed by atoms with E-state index < -0.39 is 23.9 Å². The van der Waals surface area contributed by atoms with Crippen molar-refractivity contribution in [3.05, 3.63) is 59.4 Å². The van der Waals surface area contributed by atoms with E-state index in [9.17, 15) is 22.8 Å². The minimum Gasteiger partial charge on any atom is -0.435 e. The maximum absolute atomic E-state index is 14.5. The van der Waals surface area contributed by atoms with E-state index in [1.54, 1.807) is 0 Å². The highest BCUT2D eigenvalue weighted by atomic mass is 19.3. The van der Waals surface area contributed by atoms with E-state index in [0.29, 0.717) is 24.9 Å². The van der Waals surface area contributed by atoms with Crippen molar-refractivity contribution in [3.8, 4) is 5.75 Å². The molecular weight excluding hydrogens is 497 g/mol. The van der Waals surface area contributed by atoms with E-state index >= 15 is 0 Å². The summed E-state index contributed by atoms with van der Waals surface area (Å²) in [5, 5.41) is 3.00. The van der Waals surface area contributed by atoms with Crippen molar-refractivity contribution in [1.82, 2.24) is 15.1 Å².